The molecular formula is C23H24ClFN4O. The van der Waals surface area contributed by atoms with Gasteiger partial charge in [0.2, 0.25) is 0 Å². The maximum absolute atomic E-state index is 14.0. The van der Waals surface area contributed by atoms with Crippen LogP contribution in [0.1, 0.15) is 40.9 Å². The van der Waals surface area contributed by atoms with Crippen LogP contribution in [-0.4, -0.2) is 28.8 Å². The molecule has 5 nitrogen and oxygen atoms in total. The van der Waals surface area contributed by atoms with E-state index in [-0.39, 0.29) is 11.1 Å². The van der Waals surface area contributed by atoms with Crippen molar-refractivity contribution < 1.29 is 9.18 Å². The van der Waals surface area contributed by atoms with Crippen LogP contribution in [0.15, 0.2) is 48.5 Å². The molecule has 1 saturated heterocycles. The minimum atomic E-state index is -0.395. The summed E-state index contributed by atoms with van der Waals surface area (Å²) in [6.45, 7) is 4.00. The van der Waals surface area contributed by atoms with Crippen LogP contribution >= 0.6 is 11.6 Å². The molecule has 0 saturated carbocycles. The molecule has 0 spiro atoms. The Balaban J connectivity index is 1.59. The predicted molar refractivity (Wildman–Crippen MR) is 118 cm³/mol. The molecule has 0 unspecified atom stereocenters. The van der Waals surface area contributed by atoms with Gasteiger partial charge in [0.25, 0.3) is 5.91 Å². The van der Waals surface area contributed by atoms with E-state index in [4.69, 9.17) is 11.6 Å². The zero-order valence-corrected chi connectivity index (χ0v) is 17.6. The second kappa shape index (κ2) is 8.88. The minimum absolute atomic E-state index is 0.268. The van der Waals surface area contributed by atoms with E-state index in [1.807, 2.05) is 30.3 Å². The number of nitrogens with zero attached hydrogens (tertiary/aromatic N) is 3. The van der Waals surface area contributed by atoms with E-state index in [9.17, 15) is 9.18 Å². The smallest absolute Gasteiger partial charge is 0.260 e. The molecule has 1 aliphatic rings. The van der Waals surface area contributed by atoms with Gasteiger partial charge in [-0.3, -0.25) is 4.79 Å². The second-order valence-electron chi connectivity index (χ2n) is 7.56. The van der Waals surface area contributed by atoms with Gasteiger partial charge in [0, 0.05) is 13.1 Å². The lowest BCUT2D eigenvalue weighted by Gasteiger charge is -2.30. The number of hydrogen-bond acceptors (Lipinski definition) is 3. The van der Waals surface area contributed by atoms with Crippen LogP contribution in [0.5, 0.6) is 0 Å². The molecule has 4 rings (SSSR count). The number of nitrogens with one attached hydrogen (secondary N) is 1. The van der Waals surface area contributed by atoms with Gasteiger partial charge in [-0.1, -0.05) is 41.9 Å². The summed E-state index contributed by atoms with van der Waals surface area (Å²) in [4.78, 5) is 15.3. The van der Waals surface area contributed by atoms with E-state index in [1.165, 1.54) is 18.6 Å². The highest BCUT2D eigenvalue weighted by Gasteiger charge is 2.23. The highest BCUT2D eigenvalue weighted by Crippen LogP contribution is 2.31. The molecule has 0 radical (unpaired) electrons. The Morgan fingerprint density at radius 1 is 1.13 bits per heavy atom. The number of amides is 1. The predicted octanol–water partition coefficient (Wildman–Crippen LogP) is 5.27. The first-order valence-corrected chi connectivity index (χ1v) is 10.5. The molecular weight excluding hydrogens is 403 g/mol. The molecule has 1 aromatic heterocycles. The third-order valence-corrected chi connectivity index (χ3v) is 5.76. The zero-order valence-electron chi connectivity index (χ0n) is 16.9. The molecule has 2 aromatic carbocycles. The summed E-state index contributed by atoms with van der Waals surface area (Å²) >= 11 is 6.52. The number of benzene rings is 2. The topological polar surface area (TPSA) is 50.2 Å². The molecule has 1 N–H and O–H groups in total. The Morgan fingerprint density at radius 2 is 1.87 bits per heavy atom. The van der Waals surface area contributed by atoms with Gasteiger partial charge in [-0.05, 0) is 49.9 Å². The average molecular weight is 427 g/mol. The average Bonchev–Trinajstić information content (AvgIpc) is 3.02. The van der Waals surface area contributed by atoms with E-state index in [2.05, 4.69) is 15.3 Å². The van der Waals surface area contributed by atoms with Gasteiger partial charge in [-0.25, -0.2) is 9.07 Å². The molecule has 0 bridgehead atoms. The molecule has 0 aliphatic carbocycles. The van der Waals surface area contributed by atoms with Crippen LogP contribution in [0.25, 0.3) is 0 Å². The third kappa shape index (κ3) is 4.33. The lowest BCUT2D eigenvalue weighted by Crippen LogP contribution is -2.30. The molecule has 2 heterocycles. The first-order chi connectivity index (χ1) is 14.5. The van der Waals surface area contributed by atoms with Crippen LogP contribution in [0.4, 0.5) is 15.8 Å². The summed E-state index contributed by atoms with van der Waals surface area (Å²) in [6, 6.07) is 14.3. The van der Waals surface area contributed by atoms with Crippen LogP contribution in [-0.2, 0) is 6.54 Å². The Bertz CT molecular complexity index is 1040. The Kier molecular flexibility index (Phi) is 6.04. The molecule has 156 valence electrons. The largest absolute Gasteiger partial charge is 0.370 e. The first-order valence-electron chi connectivity index (χ1n) is 10.2. The van der Waals surface area contributed by atoms with Gasteiger partial charge < -0.3 is 10.2 Å². The van der Waals surface area contributed by atoms with Gasteiger partial charge in [-0.2, -0.15) is 5.10 Å². The van der Waals surface area contributed by atoms with Crippen molar-refractivity contribution in [2.24, 2.45) is 0 Å². The number of halogens is 2. The number of carbonyl (C=O) groups is 1. The molecule has 7 heteroatoms. The molecule has 3 aromatic rings. The fourth-order valence-corrected chi connectivity index (χ4v) is 4.20. The van der Waals surface area contributed by atoms with Crippen LogP contribution < -0.4 is 10.2 Å². The van der Waals surface area contributed by atoms with Gasteiger partial charge in [0.05, 0.1) is 29.2 Å². The maximum Gasteiger partial charge on any atom is 0.260 e. The first kappa shape index (κ1) is 20.4. The SMILES string of the molecule is Cc1nn(Cc2ccccc2)c(Cl)c1C(=O)Nc1cc(F)ccc1N1CCCCC1. The lowest BCUT2D eigenvalue weighted by atomic mass is 10.1. The third-order valence-electron chi connectivity index (χ3n) is 5.37. The van der Waals surface area contributed by atoms with E-state index in [0.717, 1.165) is 37.2 Å². The number of hydrogen-bond donors (Lipinski definition) is 1. The van der Waals surface area contributed by atoms with Crippen LogP contribution in [0.2, 0.25) is 5.15 Å². The molecule has 0 atom stereocenters. The number of anilines is 2. The van der Waals surface area contributed by atoms with Crippen molar-refractivity contribution in [3.8, 4) is 0 Å². The van der Waals surface area contributed by atoms with Crippen molar-refractivity contribution in [3.63, 3.8) is 0 Å². The maximum atomic E-state index is 14.0. The minimum Gasteiger partial charge on any atom is -0.370 e. The standard InChI is InChI=1S/C23H24ClFN4O/c1-16-21(22(24)29(27-16)15-17-8-4-2-5-9-17)23(30)26-19-14-18(25)10-11-20(19)28-12-6-3-7-13-28/h2,4-5,8-11,14H,3,6-7,12-13,15H2,1H3,(H,26,30). The van der Waals surface area contributed by atoms with Gasteiger partial charge >= 0.3 is 0 Å². The van der Waals surface area contributed by atoms with Crippen molar-refractivity contribution in [3.05, 3.63) is 76.3 Å². The van der Waals surface area contributed by atoms with Crippen molar-refractivity contribution in [1.29, 1.82) is 0 Å². The van der Waals surface area contributed by atoms with Crippen molar-refractivity contribution >= 4 is 28.9 Å². The Hall–Kier alpha value is -2.86. The highest BCUT2D eigenvalue weighted by molar-refractivity contribution is 6.33. The lowest BCUT2D eigenvalue weighted by molar-refractivity contribution is 0.102. The fourth-order valence-electron chi connectivity index (χ4n) is 3.88. The van der Waals surface area contributed by atoms with E-state index in [0.29, 0.717) is 23.5 Å². The van der Waals surface area contributed by atoms with E-state index < -0.39 is 5.82 Å². The Labute approximate surface area is 180 Å². The molecule has 30 heavy (non-hydrogen) atoms. The summed E-state index contributed by atoms with van der Waals surface area (Å²) in [5, 5.41) is 7.57. The van der Waals surface area contributed by atoms with Crippen molar-refractivity contribution in [1.82, 2.24) is 9.78 Å². The monoisotopic (exact) mass is 426 g/mol. The van der Waals surface area contributed by atoms with Gasteiger partial charge in [-0.15, -0.1) is 0 Å². The molecule has 1 fully saturated rings. The summed E-state index contributed by atoms with van der Waals surface area (Å²) in [6.07, 6.45) is 3.36. The molecule has 1 aliphatic heterocycles. The number of aromatic nitrogens is 2. The summed E-state index contributed by atoms with van der Waals surface area (Å²) in [5.41, 5.74) is 3.15. The molecule has 1 amide bonds. The number of aryl methyl sites for hydroxylation is 1. The van der Waals surface area contributed by atoms with Crippen molar-refractivity contribution in [2.75, 3.05) is 23.3 Å². The number of piperidine rings is 1. The van der Waals surface area contributed by atoms with Crippen molar-refractivity contribution in [2.45, 2.75) is 32.7 Å². The zero-order chi connectivity index (χ0) is 21.1. The summed E-state index contributed by atoms with van der Waals surface area (Å²) < 4.78 is 15.6. The second-order valence-corrected chi connectivity index (χ2v) is 7.92. The number of rotatable bonds is 5. The number of carbonyl (C=O) groups excluding carboxylic acids is 1. The summed E-state index contributed by atoms with van der Waals surface area (Å²) in [5.74, 6) is -0.783. The van der Waals surface area contributed by atoms with Crippen LogP contribution in [0.3, 0.4) is 0 Å². The fraction of sp³-hybridized carbons (Fsp3) is 0.304. The van der Waals surface area contributed by atoms with E-state index in [1.54, 1.807) is 17.7 Å². The van der Waals surface area contributed by atoms with E-state index >= 15 is 0 Å². The normalized spacial score (nSPS) is 14.0. The van der Waals surface area contributed by atoms with Gasteiger partial charge in [0.1, 0.15) is 11.0 Å². The van der Waals surface area contributed by atoms with Crippen LogP contribution in [0, 0.1) is 12.7 Å². The Morgan fingerprint density at radius 3 is 2.60 bits per heavy atom. The quantitative estimate of drug-likeness (QED) is 0.604. The summed E-state index contributed by atoms with van der Waals surface area (Å²) in [7, 11) is 0. The van der Waals surface area contributed by atoms with Gasteiger partial charge in [0.15, 0.2) is 0 Å². The highest BCUT2D eigenvalue weighted by atomic mass is 35.5.